The molecule has 0 spiro atoms. The molecule has 0 amide bonds. The Balaban J connectivity index is 2.75. The molecule has 0 aromatic carbocycles. The number of hydrogen-bond donors (Lipinski definition) is 0. The van der Waals surface area contributed by atoms with E-state index in [1.165, 1.54) is 0 Å². The van der Waals surface area contributed by atoms with E-state index < -0.39 is 8.80 Å². The molecule has 1 aromatic heterocycles. The molecule has 1 aromatic rings. The van der Waals surface area contributed by atoms with Crippen molar-refractivity contribution in [1.29, 1.82) is 0 Å². The van der Waals surface area contributed by atoms with Gasteiger partial charge in [0.15, 0.2) is 0 Å². The van der Waals surface area contributed by atoms with Crippen molar-refractivity contribution < 1.29 is 0 Å². The predicted octanol–water partition coefficient (Wildman–Crippen LogP) is 1.46. The van der Waals surface area contributed by atoms with E-state index in [0.29, 0.717) is 0 Å². The Morgan fingerprint density at radius 2 is 2.27 bits per heavy atom. The van der Waals surface area contributed by atoms with E-state index in [-0.39, 0.29) is 0 Å². The van der Waals surface area contributed by atoms with Crippen molar-refractivity contribution in [1.82, 2.24) is 4.98 Å². The standard InChI is InChI=1S/C9H11NSi/c1-11(2)7-5-9-4-3-6-10-8-9/h3-4,6,8,11H,1-2H3. The third kappa shape index (κ3) is 3.01. The highest BCUT2D eigenvalue weighted by atomic mass is 28.3. The van der Waals surface area contributed by atoms with Crippen LogP contribution < -0.4 is 0 Å². The average Bonchev–Trinajstić information content (AvgIpc) is 2.03. The highest BCUT2D eigenvalue weighted by molar-refractivity contribution is 6.64. The number of aromatic nitrogens is 1. The normalized spacial score (nSPS) is 9.00. The summed E-state index contributed by atoms with van der Waals surface area (Å²) in [6.07, 6.45) is 3.56. The second-order valence-corrected chi connectivity index (χ2v) is 5.26. The quantitative estimate of drug-likeness (QED) is 0.414. The smallest absolute Gasteiger partial charge is 0.117 e. The van der Waals surface area contributed by atoms with E-state index in [2.05, 4.69) is 29.5 Å². The van der Waals surface area contributed by atoms with E-state index >= 15 is 0 Å². The summed E-state index contributed by atoms with van der Waals surface area (Å²) in [7, 11) is -0.729. The summed E-state index contributed by atoms with van der Waals surface area (Å²) in [5.41, 5.74) is 4.23. The maximum Gasteiger partial charge on any atom is 0.117 e. The SMILES string of the molecule is C[SiH](C)C#Cc1cccnc1. The molecule has 0 atom stereocenters. The lowest BCUT2D eigenvalue weighted by Crippen LogP contribution is -1.93. The summed E-state index contributed by atoms with van der Waals surface area (Å²) in [6, 6.07) is 3.89. The maximum atomic E-state index is 3.98. The third-order valence-electron chi connectivity index (χ3n) is 1.17. The molecule has 0 radical (unpaired) electrons. The van der Waals surface area contributed by atoms with Crippen molar-refractivity contribution in [2.24, 2.45) is 0 Å². The van der Waals surface area contributed by atoms with Crippen LogP contribution in [-0.2, 0) is 0 Å². The zero-order valence-electron chi connectivity index (χ0n) is 6.83. The first-order valence-corrected chi connectivity index (χ1v) is 6.59. The van der Waals surface area contributed by atoms with Crippen molar-refractivity contribution in [3.63, 3.8) is 0 Å². The van der Waals surface area contributed by atoms with Gasteiger partial charge in [0, 0.05) is 18.0 Å². The Hall–Kier alpha value is -1.07. The molecule has 0 bridgehead atoms. The van der Waals surface area contributed by atoms with Gasteiger partial charge in [0.25, 0.3) is 0 Å². The molecule has 0 fully saturated rings. The zero-order valence-corrected chi connectivity index (χ0v) is 7.99. The first-order valence-electron chi connectivity index (χ1n) is 3.70. The summed E-state index contributed by atoms with van der Waals surface area (Å²) in [6.45, 7) is 4.42. The van der Waals surface area contributed by atoms with Crippen LogP contribution in [0.4, 0.5) is 0 Å². The van der Waals surface area contributed by atoms with Crippen LogP contribution in [0.3, 0.4) is 0 Å². The number of hydrogen-bond acceptors (Lipinski definition) is 1. The molecular weight excluding hydrogens is 150 g/mol. The second-order valence-electron chi connectivity index (χ2n) is 2.67. The van der Waals surface area contributed by atoms with Crippen LogP contribution in [-0.4, -0.2) is 13.8 Å². The molecular formula is C9H11NSi. The second kappa shape index (κ2) is 3.94. The van der Waals surface area contributed by atoms with Gasteiger partial charge >= 0.3 is 0 Å². The number of nitrogens with zero attached hydrogens (tertiary/aromatic N) is 1. The summed E-state index contributed by atoms with van der Waals surface area (Å²) in [5, 5.41) is 0. The van der Waals surface area contributed by atoms with E-state index in [9.17, 15) is 0 Å². The molecule has 1 nitrogen and oxygen atoms in total. The first-order chi connectivity index (χ1) is 5.29. The Morgan fingerprint density at radius 3 is 2.82 bits per heavy atom. The molecule has 0 aliphatic heterocycles. The van der Waals surface area contributed by atoms with Gasteiger partial charge in [-0.25, -0.2) is 0 Å². The summed E-state index contributed by atoms with van der Waals surface area (Å²) in [5.74, 6) is 3.09. The molecule has 56 valence electrons. The summed E-state index contributed by atoms with van der Waals surface area (Å²) in [4.78, 5) is 3.98. The maximum absolute atomic E-state index is 3.98. The van der Waals surface area contributed by atoms with Crippen LogP contribution >= 0.6 is 0 Å². The van der Waals surface area contributed by atoms with Gasteiger partial charge in [-0.2, -0.15) is 0 Å². The monoisotopic (exact) mass is 161 g/mol. The lowest BCUT2D eigenvalue weighted by Gasteiger charge is -1.87. The van der Waals surface area contributed by atoms with Crippen molar-refractivity contribution in [3.05, 3.63) is 30.1 Å². The molecule has 11 heavy (non-hydrogen) atoms. The van der Waals surface area contributed by atoms with Crippen LogP contribution in [0.25, 0.3) is 0 Å². The first kappa shape index (κ1) is 8.03. The molecule has 1 heterocycles. The van der Waals surface area contributed by atoms with Gasteiger partial charge in [0.2, 0.25) is 0 Å². The fraction of sp³-hybridized carbons (Fsp3) is 0.222. The lowest BCUT2D eigenvalue weighted by molar-refractivity contribution is 1.31. The zero-order chi connectivity index (χ0) is 8.10. The van der Waals surface area contributed by atoms with Crippen LogP contribution in [0.1, 0.15) is 5.56 Å². The predicted molar refractivity (Wildman–Crippen MR) is 50.0 cm³/mol. The molecule has 0 aliphatic rings. The summed E-state index contributed by atoms with van der Waals surface area (Å²) >= 11 is 0. The van der Waals surface area contributed by atoms with E-state index in [4.69, 9.17) is 0 Å². The Bertz CT molecular complexity index is 269. The average molecular weight is 161 g/mol. The lowest BCUT2D eigenvalue weighted by atomic mass is 10.3. The van der Waals surface area contributed by atoms with Gasteiger partial charge in [-0.1, -0.05) is 19.0 Å². The van der Waals surface area contributed by atoms with Gasteiger partial charge in [-0.15, -0.1) is 5.54 Å². The van der Waals surface area contributed by atoms with Crippen LogP contribution in [0.15, 0.2) is 24.5 Å². The van der Waals surface area contributed by atoms with Gasteiger partial charge < -0.3 is 0 Å². The minimum absolute atomic E-state index is 0.729. The van der Waals surface area contributed by atoms with E-state index in [1.807, 2.05) is 12.1 Å². The Kier molecular flexibility index (Phi) is 2.88. The molecule has 0 unspecified atom stereocenters. The summed E-state index contributed by atoms with van der Waals surface area (Å²) < 4.78 is 0. The molecule has 1 rings (SSSR count). The minimum atomic E-state index is -0.729. The topological polar surface area (TPSA) is 12.9 Å². The van der Waals surface area contributed by atoms with Crippen LogP contribution in [0, 0.1) is 11.5 Å². The van der Waals surface area contributed by atoms with Gasteiger partial charge in [-0.3, -0.25) is 4.98 Å². The molecule has 0 saturated carbocycles. The Labute approximate surface area is 69.1 Å². The van der Waals surface area contributed by atoms with Crippen LogP contribution in [0.2, 0.25) is 13.1 Å². The number of pyridine rings is 1. The fourth-order valence-electron chi connectivity index (χ4n) is 0.664. The largest absolute Gasteiger partial charge is 0.263 e. The molecule has 2 heteroatoms. The van der Waals surface area contributed by atoms with Crippen molar-refractivity contribution >= 4 is 8.80 Å². The minimum Gasteiger partial charge on any atom is -0.263 e. The van der Waals surface area contributed by atoms with Crippen molar-refractivity contribution in [2.45, 2.75) is 13.1 Å². The van der Waals surface area contributed by atoms with Crippen molar-refractivity contribution in [2.75, 3.05) is 0 Å². The van der Waals surface area contributed by atoms with Crippen LogP contribution in [0.5, 0.6) is 0 Å². The number of rotatable bonds is 0. The highest BCUT2D eigenvalue weighted by Crippen LogP contribution is 1.91. The molecule has 0 N–H and O–H groups in total. The van der Waals surface area contributed by atoms with E-state index in [1.54, 1.807) is 12.4 Å². The van der Waals surface area contributed by atoms with Gasteiger partial charge in [0.05, 0.1) is 0 Å². The highest BCUT2D eigenvalue weighted by Gasteiger charge is 1.85. The van der Waals surface area contributed by atoms with Crippen molar-refractivity contribution in [3.8, 4) is 11.5 Å². The fourth-order valence-corrected chi connectivity index (χ4v) is 1.12. The van der Waals surface area contributed by atoms with Gasteiger partial charge in [-0.05, 0) is 12.1 Å². The van der Waals surface area contributed by atoms with E-state index in [0.717, 1.165) is 5.56 Å². The molecule has 0 aliphatic carbocycles. The molecule has 0 saturated heterocycles. The Morgan fingerprint density at radius 1 is 1.45 bits per heavy atom. The third-order valence-corrected chi connectivity index (χ3v) is 1.89. The van der Waals surface area contributed by atoms with Gasteiger partial charge in [0.1, 0.15) is 8.80 Å².